The number of aromatic nitrogens is 3. The molecule has 25 heavy (non-hydrogen) atoms. The van der Waals surface area contributed by atoms with Gasteiger partial charge in [-0.3, -0.25) is 9.58 Å². The van der Waals surface area contributed by atoms with E-state index in [1.165, 1.54) is 10.9 Å². The average molecular weight is 341 g/mol. The van der Waals surface area contributed by atoms with Crippen molar-refractivity contribution in [3.05, 3.63) is 54.0 Å². The third kappa shape index (κ3) is 3.45. The Bertz CT molecular complexity index is 839. The summed E-state index contributed by atoms with van der Waals surface area (Å²) in [6.45, 7) is 2.84. The third-order valence-electron chi connectivity index (χ3n) is 5.15. The molecule has 0 spiro atoms. The van der Waals surface area contributed by atoms with Gasteiger partial charge in [0, 0.05) is 62.6 Å². The topological polar surface area (TPSA) is 48.9 Å². The van der Waals surface area contributed by atoms with E-state index in [0.29, 0.717) is 13.0 Å². The summed E-state index contributed by atoms with van der Waals surface area (Å²) in [4.78, 5) is 5.47. The minimum Gasteiger partial charge on any atom is -0.361 e. The van der Waals surface area contributed by atoms with E-state index in [0.717, 1.165) is 30.8 Å². The molecule has 2 aromatic heterocycles. The second kappa shape index (κ2) is 6.98. The molecule has 0 aliphatic carbocycles. The number of hydrogen-bond donors (Lipinski definition) is 2. The number of aryl methyl sites for hydroxylation is 1. The molecule has 1 aliphatic heterocycles. The summed E-state index contributed by atoms with van der Waals surface area (Å²) in [7, 11) is 1.93. The van der Waals surface area contributed by atoms with Crippen molar-refractivity contribution < 1.29 is 4.39 Å². The van der Waals surface area contributed by atoms with Crippen LogP contribution in [-0.4, -0.2) is 45.0 Å². The number of aromatic amines is 1. The minimum absolute atomic E-state index is 0.218. The van der Waals surface area contributed by atoms with E-state index in [1.54, 1.807) is 6.20 Å². The second-order valence-electron chi connectivity index (χ2n) is 6.85. The molecule has 3 aromatic rings. The quantitative estimate of drug-likeness (QED) is 0.725. The van der Waals surface area contributed by atoms with Crippen molar-refractivity contribution in [2.24, 2.45) is 7.05 Å². The predicted molar refractivity (Wildman–Crippen MR) is 96.9 cm³/mol. The number of H-pyrrole nitrogens is 1. The maximum absolute atomic E-state index is 14.0. The fourth-order valence-corrected chi connectivity index (χ4v) is 3.77. The molecule has 6 heteroatoms. The van der Waals surface area contributed by atoms with E-state index in [1.807, 2.05) is 24.0 Å². The zero-order valence-electron chi connectivity index (χ0n) is 14.5. The molecule has 0 unspecified atom stereocenters. The Morgan fingerprint density at radius 2 is 2.24 bits per heavy atom. The fraction of sp³-hybridized carbons (Fsp3) is 0.421. The summed E-state index contributed by atoms with van der Waals surface area (Å²) in [5.41, 5.74) is 3.55. The lowest BCUT2D eigenvalue weighted by Gasteiger charge is -2.24. The SMILES string of the molecule is Cn1nccc1CN1C[C@@H](F)C[C@H]1CNCc1cccc2[nH]ccc12. The van der Waals surface area contributed by atoms with Gasteiger partial charge in [0.1, 0.15) is 6.17 Å². The Labute approximate surface area is 146 Å². The van der Waals surface area contributed by atoms with Crippen LogP contribution >= 0.6 is 0 Å². The number of rotatable bonds is 6. The van der Waals surface area contributed by atoms with Crippen molar-refractivity contribution in [2.75, 3.05) is 13.1 Å². The molecule has 0 radical (unpaired) electrons. The van der Waals surface area contributed by atoms with Gasteiger partial charge in [-0.1, -0.05) is 12.1 Å². The van der Waals surface area contributed by atoms with Gasteiger partial charge in [-0.25, -0.2) is 4.39 Å². The molecule has 1 aliphatic rings. The number of nitrogens with one attached hydrogen (secondary N) is 2. The number of nitrogens with zero attached hydrogens (tertiary/aromatic N) is 3. The molecule has 2 atom stereocenters. The molecule has 132 valence electrons. The van der Waals surface area contributed by atoms with Gasteiger partial charge < -0.3 is 10.3 Å². The number of alkyl halides is 1. The van der Waals surface area contributed by atoms with Crippen molar-refractivity contribution in [1.29, 1.82) is 0 Å². The second-order valence-corrected chi connectivity index (χ2v) is 6.85. The van der Waals surface area contributed by atoms with Crippen LogP contribution < -0.4 is 5.32 Å². The highest BCUT2D eigenvalue weighted by molar-refractivity contribution is 5.82. The highest BCUT2D eigenvalue weighted by atomic mass is 19.1. The highest BCUT2D eigenvalue weighted by Crippen LogP contribution is 2.23. The number of likely N-dealkylation sites (tertiary alicyclic amines) is 1. The predicted octanol–water partition coefficient (Wildman–Crippen LogP) is 2.60. The van der Waals surface area contributed by atoms with Crippen LogP contribution in [0.25, 0.3) is 10.9 Å². The lowest BCUT2D eigenvalue weighted by atomic mass is 10.1. The molecule has 0 bridgehead atoms. The standard InChI is InChI=1S/C19H24FN5/c1-24-16(5-8-23-24)13-25-12-15(20)9-17(25)11-21-10-14-3-2-4-19-18(14)6-7-22-19/h2-8,15,17,21-22H,9-13H2,1H3/t15-,17-/m0/s1. The molecule has 3 heterocycles. The van der Waals surface area contributed by atoms with Crippen molar-refractivity contribution in [3.63, 3.8) is 0 Å². The first-order chi connectivity index (χ1) is 12.2. The van der Waals surface area contributed by atoms with E-state index >= 15 is 0 Å². The van der Waals surface area contributed by atoms with E-state index in [-0.39, 0.29) is 6.04 Å². The van der Waals surface area contributed by atoms with E-state index in [4.69, 9.17) is 0 Å². The van der Waals surface area contributed by atoms with Crippen LogP contribution in [0.1, 0.15) is 17.7 Å². The Hall–Kier alpha value is -2.18. The first-order valence-electron chi connectivity index (χ1n) is 8.81. The molecular weight excluding hydrogens is 317 g/mol. The summed E-state index contributed by atoms with van der Waals surface area (Å²) in [6, 6.07) is 10.6. The van der Waals surface area contributed by atoms with Gasteiger partial charge in [0.2, 0.25) is 0 Å². The molecular formula is C19H24FN5. The van der Waals surface area contributed by atoms with E-state index in [2.05, 4.69) is 44.6 Å². The Morgan fingerprint density at radius 3 is 3.08 bits per heavy atom. The number of hydrogen-bond acceptors (Lipinski definition) is 3. The van der Waals surface area contributed by atoms with Crippen LogP contribution in [0.5, 0.6) is 0 Å². The molecule has 0 saturated carbocycles. The van der Waals surface area contributed by atoms with Crippen molar-refractivity contribution in [3.8, 4) is 0 Å². The summed E-state index contributed by atoms with van der Waals surface area (Å²) >= 11 is 0. The molecule has 1 aromatic carbocycles. The van der Waals surface area contributed by atoms with Gasteiger partial charge in [0.05, 0.1) is 5.69 Å². The zero-order valence-corrected chi connectivity index (χ0v) is 14.5. The van der Waals surface area contributed by atoms with Gasteiger partial charge in [-0.05, 0) is 30.2 Å². The molecule has 2 N–H and O–H groups in total. The first kappa shape index (κ1) is 16.3. The van der Waals surface area contributed by atoms with Crippen LogP contribution in [-0.2, 0) is 20.1 Å². The fourth-order valence-electron chi connectivity index (χ4n) is 3.77. The van der Waals surface area contributed by atoms with E-state index in [9.17, 15) is 4.39 Å². The summed E-state index contributed by atoms with van der Waals surface area (Å²) in [6.07, 6.45) is 3.62. The highest BCUT2D eigenvalue weighted by Gasteiger charge is 2.32. The summed E-state index contributed by atoms with van der Waals surface area (Å²) in [5.74, 6) is 0. The normalized spacial score (nSPS) is 21.4. The smallest absolute Gasteiger partial charge is 0.114 e. The maximum Gasteiger partial charge on any atom is 0.114 e. The molecule has 1 fully saturated rings. The van der Waals surface area contributed by atoms with Crippen LogP contribution in [0, 0.1) is 0 Å². The largest absolute Gasteiger partial charge is 0.361 e. The van der Waals surface area contributed by atoms with Crippen molar-refractivity contribution in [1.82, 2.24) is 25.0 Å². The molecule has 0 amide bonds. The third-order valence-corrected chi connectivity index (χ3v) is 5.15. The number of halogens is 1. The molecule has 4 rings (SSSR count). The minimum atomic E-state index is -0.742. The Morgan fingerprint density at radius 1 is 1.32 bits per heavy atom. The Balaban J connectivity index is 1.37. The zero-order chi connectivity index (χ0) is 17.2. The van der Waals surface area contributed by atoms with Crippen LogP contribution in [0.15, 0.2) is 42.7 Å². The van der Waals surface area contributed by atoms with Gasteiger partial charge >= 0.3 is 0 Å². The maximum atomic E-state index is 14.0. The number of benzene rings is 1. The van der Waals surface area contributed by atoms with Crippen molar-refractivity contribution in [2.45, 2.75) is 31.7 Å². The van der Waals surface area contributed by atoms with Crippen LogP contribution in [0.4, 0.5) is 4.39 Å². The summed E-state index contributed by atoms with van der Waals surface area (Å²) in [5, 5.41) is 8.98. The molecule has 5 nitrogen and oxygen atoms in total. The number of fused-ring (bicyclic) bond motifs is 1. The first-order valence-corrected chi connectivity index (χ1v) is 8.81. The van der Waals surface area contributed by atoms with Crippen LogP contribution in [0.2, 0.25) is 0 Å². The van der Waals surface area contributed by atoms with Gasteiger partial charge in [0.15, 0.2) is 0 Å². The lowest BCUT2D eigenvalue weighted by Crippen LogP contribution is -2.37. The van der Waals surface area contributed by atoms with Gasteiger partial charge in [-0.2, -0.15) is 5.10 Å². The molecule has 1 saturated heterocycles. The monoisotopic (exact) mass is 341 g/mol. The lowest BCUT2D eigenvalue weighted by molar-refractivity contribution is 0.224. The van der Waals surface area contributed by atoms with Gasteiger partial charge in [-0.15, -0.1) is 0 Å². The summed E-state index contributed by atoms with van der Waals surface area (Å²) < 4.78 is 15.8. The van der Waals surface area contributed by atoms with Gasteiger partial charge in [0.25, 0.3) is 0 Å². The van der Waals surface area contributed by atoms with Crippen LogP contribution in [0.3, 0.4) is 0 Å². The Kier molecular flexibility index (Phi) is 4.55. The van der Waals surface area contributed by atoms with Crippen molar-refractivity contribution >= 4 is 10.9 Å². The average Bonchev–Trinajstić information content (AvgIpc) is 3.30. The van der Waals surface area contributed by atoms with E-state index < -0.39 is 6.17 Å².